The van der Waals surface area contributed by atoms with Crippen molar-refractivity contribution in [2.45, 2.75) is 44.8 Å². The predicted octanol–water partition coefficient (Wildman–Crippen LogP) is 4.44. The van der Waals surface area contributed by atoms with E-state index in [4.69, 9.17) is 9.47 Å². The van der Waals surface area contributed by atoms with Gasteiger partial charge in [0, 0.05) is 43.2 Å². The van der Waals surface area contributed by atoms with E-state index < -0.39 is 0 Å². The number of nitrogens with zero attached hydrogens (tertiary/aromatic N) is 4. The fourth-order valence-corrected chi connectivity index (χ4v) is 5.87. The summed E-state index contributed by atoms with van der Waals surface area (Å²) in [6.45, 7) is 6.57. The summed E-state index contributed by atoms with van der Waals surface area (Å²) in [6, 6.07) is 13.8. The second-order valence-corrected chi connectivity index (χ2v) is 10.4. The average molecular weight is 459 g/mol. The highest BCUT2D eigenvalue weighted by Gasteiger charge is 2.52. The summed E-state index contributed by atoms with van der Waals surface area (Å²) < 4.78 is 14.7. The van der Waals surface area contributed by atoms with Crippen molar-refractivity contribution >= 4 is 5.91 Å². The van der Waals surface area contributed by atoms with Crippen molar-refractivity contribution in [2.75, 3.05) is 19.7 Å². The summed E-state index contributed by atoms with van der Waals surface area (Å²) in [5.41, 5.74) is 1.58. The van der Waals surface area contributed by atoms with E-state index in [1.165, 1.54) is 5.56 Å². The Balaban J connectivity index is 1.14. The van der Waals surface area contributed by atoms with E-state index >= 15 is 0 Å². The number of piperidine rings is 1. The summed E-state index contributed by atoms with van der Waals surface area (Å²) in [6.07, 6.45) is 8.21. The number of carbonyl (C=O) groups excluding carboxylic acids is 1. The topological polar surface area (TPSA) is 69.5 Å². The van der Waals surface area contributed by atoms with Crippen LogP contribution >= 0.6 is 0 Å². The number of hydrogen-bond acceptors (Lipinski definition) is 5. The summed E-state index contributed by atoms with van der Waals surface area (Å²) >= 11 is 0. The molecule has 0 bridgehead atoms. The molecule has 34 heavy (non-hydrogen) atoms. The number of rotatable bonds is 2. The van der Waals surface area contributed by atoms with Gasteiger partial charge in [0.15, 0.2) is 5.82 Å². The number of para-hydroxylation sites is 1. The van der Waals surface area contributed by atoms with Crippen molar-refractivity contribution in [3.05, 3.63) is 72.2 Å². The van der Waals surface area contributed by atoms with Crippen molar-refractivity contribution < 1.29 is 14.3 Å². The largest absolute Gasteiger partial charge is 0.487 e. The van der Waals surface area contributed by atoms with Crippen LogP contribution in [-0.2, 0) is 4.74 Å². The normalized spacial score (nSPS) is 24.7. The molecule has 5 heterocycles. The Labute approximate surface area is 199 Å². The molecule has 2 atom stereocenters. The number of pyridine rings is 1. The van der Waals surface area contributed by atoms with Gasteiger partial charge in [-0.15, -0.1) is 0 Å². The van der Waals surface area contributed by atoms with Crippen LogP contribution < -0.4 is 4.74 Å². The third kappa shape index (κ3) is 3.59. The van der Waals surface area contributed by atoms with Gasteiger partial charge in [-0.05, 0) is 62.8 Å². The third-order valence-corrected chi connectivity index (χ3v) is 7.92. The first-order chi connectivity index (χ1) is 16.4. The molecule has 0 aliphatic carbocycles. The highest BCUT2D eigenvalue weighted by Crippen LogP contribution is 2.55. The Morgan fingerprint density at radius 3 is 2.65 bits per heavy atom. The number of carbonyl (C=O) groups is 1. The van der Waals surface area contributed by atoms with Gasteiger partial charge in [0.2, 0.25) is 0 Å². The molecule has 2 fully saturated rings. The zero-order chi connectivity index (χ0) is 23.3. The van der Waals surface area contributed by atoms with Gasteiger partial charge in [-0.1, -0.05) is 18.2 Å². The van der Waals surface area contributed by atoms with Gasteiger partial charge in [0.25, 0.3) is 5.91 Å². The molecule has 7 nitrogen and oxygen atoms in total. The molecule has 0 radical (unpaired) electrons. The molecule has 1 amide bonds. The minimum absolute atomic E-state index is 0.0410. The molecule has 0 N–H and O–H groups in total. The molecule has 176 valence electrons. The first kappa shape index (κ1) is 21.4. The lowest BCUT2D eigenvalue weighted by molar-refractivity contribution is -0.173. The van der Waals surface area contributed by atoms with Gasteiger partial charge < -0.3 is 14.4 Å². The van der Waals surface area contributed by atoms with Crippen molar-refractivity contribution in [1.29, 1.82) is 0 Å². The molecule has 0 unspecified atom stereocenters. The van der Waals surface area contributed by atoms with Gasteiger partial charge >= 0.3 is 0 Å². The number of likely N-dealkylation sites (tertiary alicyclic amines) is 1. The lowest BCUT2D eigenvalue weighted by atomic mass is 9.64. The Hall–Kier alpha value is -3.19. The summed E-state index contributed by atoms with van der Waals surface area (Å²) in [5.74, 6) is 1.97. The molecule has 3 aliphatic heterocycles. The molecular weight excluding hydrogens is 428 g/mol. The maximum atomic E-state index is 13.1. The van der Waals surface area contributed by atoms with Crippen LogP contribution in [0, 0.1) is 11.3 Å². The van der Waals surface area contributed by atoms with Crippen LogP contribution in [0.1, 0.15) is 55.1 Å². The number of fused-ring (bicyclic) bond motifs is 3. The van der Waals surface area contributed by atoms with Crippen molar-refractivity contribution in [2.24, 2.45) is 11.3 Å². The lowest BCUT2D eigenvalue weighted by Gasteiger charge is -2.54. The predicted molar refractivity (Wildman–Crippen MR) is 127 cm³/mol. The van der Waals surface area contributed by atoms with E-state index in [9.17, 15) is 4.79 Å². The smallest absolute Gasteiger partial charge is 0.255 e. The number of aromatic nitrogens is 3. The van der Waals surface area contributed by atoms with Crippen LogP contribution in [0.15, 0.2) is 61.1 Å². The standard InChI is InChI=1S/C27H30N4O3/c1-26(2)21-16-27(18-33-24(21)20-6-3-4-7-22(20)34-26)10-14-30(15-11-27)25(32)19-8-9-23(28-17-19)31-13-5-12-29-31/h3-9,12-13,17,21,24H,10-11,14-16,18H2,1-2H3/t21-,24+/m0/s1. The van der Waals surface area contributed by atoms with Crippen LogP contribution in [0.5, 0.6) is 5.75 Å². The highest BCUT2D eigenvalue weighted by atomic mass is 16.5. The molecule has 7 heteroatoms. The molecule has 0 saturated carbocycles. The van der Waals surface area contributed by atoms with Crippen LogP contribution in [0.25, 0.3) is 5.82 Å². The van der Waals surface area contributed by atoms with Crippen LogP contribution in [-0.4, -0.2) is 50.9 Å². The summed E-state index contributed by atoms with van der Waals surface area (Å²) in [5, 5.41) is 4.19. The monoisotopic (exact) mass is 458 g/mol. The fourth-order valence-electron chi connectivity index (χ4n) is 5.87. The number of benzene rings is 1. The Morgan fingerprint density at radius 1 is 1.09 bits per heavy atom. The molecule has 2 saturated heterocycles. The third-order valence-electron chi connectivity index (χ3n) is 7.92. The maximum absolute atomic E-state index is 13.1. The molecule has 3 aliphatic rings. The second kappa shape index (κ2) is 7.94. The van der Waals surface area contributed by atoms with Gasteiger partial charge in [-0.25, -0.2) is 9.67 Å². The van der Waals surface area contributed by atoms with E-state index in [0.717, 1.165) is 44.7 Å². The Morgan fingerprint density at radius 2 is 1.91 bits per heavy atom. The number of ether oxygens (including phenoxy) is 2. The Bertz CT molecular complexity index is 1180. The van der Waals surface area contributed by atoms with E-state index in [-0.39, 0.29) is 28.9 Å². The minimum atomic E-state index is -0.290. The fraction of sp³-hybridized carbons (Fsp3) is 0.444. The van der Waals surface area contributed by atoms with Crippen molar-refractivity contribution in [3.8, 4) is 11.6 Å². The zero-order valence-corrected chi connectivity index (χ0v) is 19.7. The maximum Gasteiger partial charge on any atom is 0.255 e. The molecule has 2 aromatic heterocycles. The van der Waals surface area contributed by atoms with Crippen LogP contribution in [0.3, 0.4) is 0 Å². The van der Waals surface area contributed by atoms with E-state index in [1.54, 1.807) is 17.1 Å². The van der Waals surface area contributed by atoms with Crippen LogP contribution in [0.4, 0.5) is 0 Å². The van der Waals surface area contributed by atoms with Crippen molar-refractivity contribution in [1.82, 2.24) is 19.7 Å². The van der Waals surface area contributed by atoms with Gasteiger partial charge in [-0.2, -0.15) is 5.10 Å². The van der Waals surface area contributed by atoms with Gasteiger partial charge in [-0.3, -0.25) is 4.79 Å². The summed E-state index contributed by atoms with van der Waals surface area (Å²) in [7, 11) is 0. The Kier molecular flexibility index (Phi) is 4.99. The van der Waals surface area contributed by atoms with E-state index in [2.05, 4.69) is 36.1 Å². The molecule has 6 rings (SSSR count). The molecule has 1 aromatic carbocycles. The van der Waals surface area contributed by atoms with E-state index in [0.29, 0.717) is 11.4 Å². The zero-order valence-electron chi connectivity index (χ0n) is 19.7. The molecular formula is C27H30N4O3. The van der Waals surface area contributed by atoms with E-state index in [1.807, 2.05) is 41.4 Å². The lowest BCUT2D eigenvalue weighted by Crippen LogP contribution is -2.54. The SMILES string of the molecule is CC1(C)Oc2ccccc2[C@H]2OCC3(CCN(C(=O)c4ccc(-n5cccn5)nc4)CC3)C[C@@H]21. The summed E-state index contributed by atoms with van der Waals surface area (Å²) in [4.78, 5) is 19.5. The first-order valence-corrected chi connectivity index (χ1v) is 12.1. The number of amides is 1. The molecule has 3 aromatic rings. The quantitative estimate of drug-likeness (QED) is 0.568. The molecule has 1 spiro atoms. The van der Waals surface area contributed by atoms with Crippen molar-refractivity contribution in [3.63, 3.8) is 0 Å². The van der Waals surface area contributed by atoms with Crippen LogP contribution in [0.2, 0.25) is 0 Å². The average Bonchev–Trinajstić information content (AvgIpc) is 3.39. The number of hydrogen-bond donors (Lipinski definition) is 0. The van der Waals surface area contributed by atoms with Gasteiger partial charge in [0.1, 0.15) is 11.4 Å². The van der Waals surface area contributed by atoms with Gasteiger partial charge in [0.05, 0.1) is 18.3 Å². The minimum Gasteiger partial charge on any atom is -0.487 e. The second-order valence-electron chi connectivity index (χ2n) is 10.4. The highest BCUT2D eigenvalue weighted by molar-refractivity contribution is 5.94. The first-order valence-electron chi connectivity index (χ1n) is 12.1.